The summed E-state index contributed by atoms with van der Waals surface area (Å²) in [4.78, 5) is 17.5. The van der Waals surface area contributed by atoms with Crippen molar-refractivity contribution < 1.29 is 9.90 Å². The van der Waals surface area contributed by atoms with Crippen LogP contribution >= 0.6 is 0 Å². The number of nitrogens with one attached hydrogen (secondary N) is 1. The monoisotopic (exact) mass is 263 g/mol. The number of carboxylic acids is 1. The number of pyridine rings is 1. The highest BCUT2D eigenvalue weighted by Gasteiger charge is 2.29. The van der Waals surface area contributed by atoms with Crippen LogP contribution in [0.2, 0.25) is 0 Å². The number of likely N-dealkylation sites (N-methyl/N-ethyl adjacent to an activating group) is 1. The lowest BCUT2D eigenvalue weighted by Gasteiger charge is -2.25. The second-order valence-corrected chi connectivity index (χ2v) is 5.30. The molecular weight excluding hydrogens is 242 g/mol. The minimum absolute atomic E-state index is 0.229. The van der Waals surface area contributed by atoms with E-state index in [1.807, 2.05) is 6.92 Å². The zero-order valence-corrected chi connectivity index (χ0v) is 11.7. The van der Waals surface area contributed by atoms with E-state index in [2.05, 4.69) is 29.2 Å². The van der Waals surface area contributed by atoms with Gasteiger partial charge in [0.2, 0.25) is 0 Å². The molecule has 0 spiro atoms. The van der Waals surface area contributed by atoms with Crippen LogP contribution in [0.1, 0.15) is 35.8 Å². The number of anilines is 1. The highest BCUT2D eigenvalue weighted by molar-refractivity contribution is 5.93. The second kappa shape index (κ2) is 5.57. The third-order valence-electron chi connectivity index (χ3n) is 3.68. The maximum atomic E-state index is 11.1. The third kappa shape index (κ3) is 3.44. The first kappa shape index (κ1) is 13.8. The summed E-state index contributed by atoms with van der Waals surface area (Å²) in [5.74, 6) is -0.946. The Hall–Kier alpha value is -1.62. The fourth-order valence-electron chi connectivity index (χ4n) is 2.12. The first-order valence-corrected chi connectivity index (χ1v) is 6.64. The van der Waals surface area contributed by atoms with Crippen LogP contribution in [0.25, 0.3) is 0 Å². The first-order chi connectivity index (χ1) is 8.99. The molecule has 1 atom stereocenters. The van der Waals surface area contributed by atoms with Gasteiger partial charge in [0.15, 0.2) is 0 Å². The smallest absolute Gasteiger partial charge is 0.339 e. The van der Waals surface area contributed by atoms with Gasteiger partial charge in [-0.3, -0.25) is 9.88 Å². The van der Waals surface area contributed by atoms with Crippen molar-refractivity contribution in [1.82, 2.24) is 9.88 Å². The summed E-state index contributed by atoms with van der Waals surface area (Å²) in [7, 11) is 2.12. The second-order valence-electron chi connectivity index (χ2n) is 5.30. The normalized spacial score (nSPS) is 16.4. The molecule has 1 fully saturated rings. The van der Waals surface area contributed by atoms with Crippen molar-refractivity contribution in [1.29, 1.82) is 0 Å². The summed E-state index contributed by atoms with van der Waals surface area (Å²) < 4.78 is 0. The molecule has 0 aromatic carbocycles. The zero-order chi connectivity index (χ0) is 14.0. The molecule has 0 saturated heterocycles. The molecule has 0 radical (unpaired) electrons. The average molecular weight is 263 g/mol. The molecule has 0 bridgehead atoms. The van der Waals surface area contributed by atoms with Gasteiger partial charge >= 0.3 is 5.97 Å². The van der Waals surface area contributed by atoms with Crippen LogP contribution in [0, 0.1) is 6.92 Å². The molecule has 2 rings (SSSR count). The Morgan fingerprint density at radius 3 is 2.89 bits per heavy atom. The van der Waals surface area contributed by atoms with E-state index in [1.54, 1.807) is 6.07 Å². The van der Waals surface area contributed by atoms with Gasteiger partial charge in [-0.05, 0) is 39.8 Å². The summed E-state index contributed by atoms with van der Waals surface area (Å²) in [5.41, 5.74) is 1.69. The van der Waals surface area contributed by atoms with Gasteiger partial charge in [-0.25, -0.2) is 4.79 Å². The van der Waals surface area contributed by atoms with Crippen LogP contribution in [-0.4, -0.2) is 46.6 Å². The molecule has 1 aliphatic carbocycles. The van der Waals surface area contributed by atoms with Gasteiger partial charge in [0.25, 0.3) is 0 Å². The number of hydrogen-bond acceptors (Lipinski definition) is 4. The molecular formula is C14H21N3O2. The van der Waals surface area contributed by atoms with Crippen molar-refractivity contribution in [2.75, 3.05) is 18.9 Å². The van der Waals surface area contributed by atoms with E-state index in [4.69, 9.17) is 5.11 Å². The molecule has 0 aliphatic heterocycles. The summed E-state index contributed by atoms with van der Waals surface area (Å²) in [6.45, 7) is 4.74. The van der Waals surface area contributed by atoms with Crippen LogP contribution in [0.5, 0.6) is 0 Å². The summed E-state index contributed by atoms with van der Waals surface area (Å²) >= 11 is 0. The van der Waals surface area contributed by atoms with Gasteiger partial charge in [0.05, 0.1) is 5.69 Å². The third-order valence-corrected chi connectivity index (χ3v) is 3.68. The van der Waals surface area contributed by atoms with Crippen LogP contribution in [0.15, 0.2) is 12.3 Å². The van der Waals surface area contributed by atoms with Crippen molar-refractivity contribution in [2.45, 2.75) is 38.8 Å². The maximum Gasteiger partial charge on any atom is 0.339 e. The highest BCUT2D eigenvalue weighted by Crippen LogP contribution is 2.27. The lowest BCUT2D eigenvalue weighted by Crippen LogP contribution is -2.36. The van der Waals surface area contributed by atoms with E-state index < -0.39 is 5.97 Å². The van der Waals surface area contributed by atoms with Gasteiger partial charge in [0.1, 0.15) is 5.56 Å². The number of carboxylic acid groups (broad SMARTS) is 1. The van der Waals surface area contributed by atoms with E-state index in [-0.39, 0.29) is 5.56 Å². The number of aromatic carboxylic acids is 1. The van der Waals surface area contributed by atoms with E-state index in [1.165, 1.54) is 19.0 Å². The molecule has 104 valence electrons. The van der Waals surface area contributed by atoms with E-state index in [0.717, 1.165) is 12.2 Å². The topological polar surface area (TPSA) is 65.5 Å². The number of aryl methyl sites for hydroxylation is 1. The molecule has 1 saturated carbocycles. The number of rotatable bonds is 6. The standard InChI is InChI=1S/C14H21N3O2/c1-9-6-13(12(8-15-9)14(18)19)16-7-10(2)17(3)11-4-5-11/h6,8,10-11H,4-5,7H2,1-3H3,(H,15,16)(H,18,19). The van der Waals surface area contributed by atoms with E-state index >= 15 is 0 Å². The Bertz CT molecular complexity index is 472. The fraction of sp³-hybridized carbons (Fsp3) is 0.571. The number of nitrogens with zero attached hydrogens (tertiary/aromatic N) is 2. The fourth-order valence-corrected chi connectivity index (χ4v) is 2.12. The van der Waals surface area contributed by atoms with E-state index in [9.17, 15) is 4.79 Å². The Kier molecular flexibility index (Phi) is 4.04. The van der Waals surface area contributed by atoms with Gasteiger partial charge < -0.3 is 10.4 Å². The summed E-state index contributed by atoms with van der Waals surface area (Å²) in [5, 5.41) is 12.4. The summed E-state index contributed by atoms with van der Waals surface area (Å²) in [6, 6.07) is 2.87. The molecule has 1 aromatic heterocycles. The quantitative estimate of drug-likeness (QED) is 0.821. The van der Waals surface area contributed by atoms with Gasteiger partial charge in [-0.1, -0.05) is 0 Å². The van der Waals surface area contributed by atoms with Crippen LogP contribution in [-0.2, 0) is 0 Å². The molecule has 1 heterocycles. The zero-order valence-electron chi connectivity index (χ0n) is 11.7. The SMILES string of the molecule is Cc1cc(NCC(C)N(C)C2CC2)c(C(=O)O)cn1. The predicted molar refractivity (Wildman–Crippen MR) is 74.7 cm³/mol. The van der Waals surface area contributed by atoms with Gasteiger partial charge in [-0.15, -0.1) is 0 Å². The van der Waals surface area contributed by atoms with Crippen molar-refractivity contribution in [2.24, 2.45) is 0 Å². The molecule has 5 heteroatoms. The largest absolute Gasteiger partial charge is 0.478 e. The lowest BCUT2D eigenvalue weighted by atomic mass is 10.2. The molecule has 19 heavy (non-hydrogen) atoms. The molecule has 5 nitrogen and oxygen atoms in total. The Balaban J connectivity index is 2.01. The van der Waals surface area contributed by atoms with Crippen molar-refractivity contribution in [3.05, 3.63) is 23.5 Å². The van der Waals surface area contributed by atoms with Crippen molar-refractivity contribution >= 4 is 11.7 Å². The van der Waals surface area contributed by atoms with Gasteiger partial charge in [-0.2, -0.15) is 0 Å². The number of carbonyl (C=O) groups is 1. The van der Waals surface area contributed by atoms with E-state index in [0.29, 0.717) is 17.8 Å². The van der Waals surface area contributed by atoms with Crippen LogP contribution < -0.4 is 5.32 Å². The highest BCUT2D eigenvalue weighted by atomic mass is 16.4. The number of hydrogen-bond donors (Lipinski definition) is 2. The molecule has 1 unspecified atom stereocenters. The van der Waals surface area contributed by atoms with Crippen molar-refractivity contribution in [3.8, 4) is 0 Å². The Morgan fingerprint density at radius 2 is 2.32 bits per heavy atom. The van der Waals surface area contributed by atoms with Crippen LogP contribution in [0.3, 0.4) is 0 Å². The number of aromatic nitrogens is 1. The average Bonchev–Trinajstić information content (AvgIpc) is 3.18. The molecule has 1 aromatic rings. The molecule has 2 N–H and O–H groups in total. The summed E-state index contributed by atoms with van der Waals surface area (Å²) in [6.07, 6.45) is 3.96. The Labute approximate surface area is 113 Å². The van der Waals surface area contributed by atoms with Gasteiger partial charge in [0, 0.05) is 30.5 Å². The molecule has 1 aliphatic rings. The molecule has 0 amide bonds. The van der Waals surface area contributed by atoms with Crippen molar-refractivity contribution in [3.63, 3.8) is 0 Å². The maximum absolute atomic E-state index is 11.1. The first-order valence-electron chi connectivity index (χ1n) is 6.64. The Morgan fingerprint density at radius 1 is 1.63 bits per heavy atom. The van der Waals surface area contributed by atoms with Crippen LogP contribution in [0.4, 0.5) is 5.69 Å². The lowest BCUT2D eigenvalue weighted by molar-refractivity contribution is 0.0697. The minimum Gasteiger partial charge on any atom is -0.478 e. The minimum atomic E-state index is -0.946. The predicted octanol–water partition coefficient (Wildman–Crippen LogP) is 1.98.